The van der Waals surface area contributed by atoms with Crippen LogP contribution in [0.4, 0.5) is 8.78 Å². The molecule has 0 bridgehead atoms. The van der Waals surface area contributed by atoms with Crippen molar-refractivity contribution in [2.24, 2.45) is 4.99 Å². The number of carbonyl (C=O) groups excluding carboxylic acids is 1. The highest BCUT2D eigenvalue weighted by Gasteiger charge is 2.16. The molecule has 1 aromatic carbocycles. The van der Waals surface area contributed by atoms with Crippen LogP contribution in [-0.2, 0) is 4.79 Å². The number of ether oxygens (including phenoxy) is 1. The lowest BCUT2D eigenvalue weighted by atomic mass is 10.1. The highest BCUT2D eigenvalue weighted by molar-refractivity contribution is 5.43. The van der Waals surface area contributed by atoms with Gasteiger partial charge in [0.05, 0.1) is 6.07 Å². The van der Waals surface area contributed by atoms with Crippen LogP contribution < -0.4 is 4.74 Å². The molecule has 0 fully saturated rings. The fraction of sp³-hybridized carbons (Fsp3) is 0.200. The van der Waals surface area contributed by atoms with Crippen molar-refractivity contribution in [1.82, 2.24) is 0 Å². The fourth-order valence-electron chi connectivity index (χ4n) is 1.13. The Morgan fingerprint density at radius 1 is 1.38 bits per heavy atom. The second-order valence-electron chi connectivity index (χ2n) is 2.67. The number of nitrogens with zero attached hydrogens (tertiary/aromatic N) is 2. The molecule has 0 aliphatic heterocycles. The summed E-state index contributed by atoms with van der Waals surface area (Å²) in [5.41, 5.74) is 0.105. The maximum Gasteiger partial charge on any atom is 0.387 e. The highest BCUT2D eigenvalue weighted by Crippen LogP contribution is 2.28. The van der Waals surface area contributed by atoms with E-state index in [-0.39, 0.29) is 11.3 Å². The SMILES string of the molecule is N#CC(N=C=O)c1ccccc1OC(F)F. The molecule has 82 valence electrons. The number of hydrogen-bond donors (Lipinski definition) is 0. The van der Waals surface area contributed by atoms with Gasteiger partial charge in [0.2, 0.25) is 6.08 Å². The van der Waals surface area contributed by atoms with E-state index in [1.54, 1.807) is 6.07 Å². The Kier molecular flexibility index (Phi) is 4.13. The van der Waals surface area contributed by atoms with Gasteiger partial charge in [0.15, 0.2) is 6.04 Å². The molecule has 0 saturated carbocycles. The van der Waals surface area contributed by atoms with Gasteiger partial charge in [0.1, 0.15) is 5.75 Å². The van der Waals surface area contributed by atoms with E-state index < -0.39 is 12.7 Å². The van der Waals surface area contributed by atoms with Crippen LogP contribution >= 0.6 is 0 Å². The Morgan fingerprint density at radius 3 is 2.62 bits per heavy atom. The standard InChI is InChI=1S/C10H6F2N2O2/c11-10(12)16-9-4-2-1-3-7(9)8(5-13)14-6-15/h1-4,8,10H. The molecule has 0 aliphatic carbocycles. The van der Waals surface area contributed by atoms with Gasteiger partial charge in [-0.1, -0.05) is 18.2 Å². The summed E-state index contributed by atoms with van der Waals surface area (Å²) in [6.07, 6.45) is 1.21. The lowest BCUT2D eigenvalue weighted by Crippen LogP contribution is -2.05. The largest absolute Gasteiger partial charge is 0.434 e. The van der Waals surface area contributed by atoms with Crippen molar-refractivity contribution in [3.8, 4) is 11.8 Å². The number of hydrogen-bond acceptors (Lipinski definition) is 4. The van der Waals surface area contributed by atoms with Gasteiger partial charge >= 0.3 is 6.61 Å². The van der Waals surface area contributed by atoms with Crippen LogP contribution in [0, 0.1) is 11.3 Å². The summed E-state index contributed by atoms with van der Waals surface area (Å²) in [6, 6.07) is 6.14. The third-order valence-electron chi connectivity index (χ3n) is 1.73. The Morgan fingerprint density at radius 2 is 2.06 bits per heavy atom. The third kappa shape index (κ3) is 2.87. The van der Waals surface area contributed by atoms with Crippen molar-refractivity contribution in [2.75, 3.05) is 0 Å². The first-order chi connectivity index (χ1) is 7.69. The van der Waals surface area contributed by atoms with Crippen LogP contribution in [0.3, 0.4) is 0 Å². The number of isocyanates is 1. The molecule has 0 aliphatic rings. The Labute approximate surface area is 89.8 Å². The second-order valence-corrected chi connectivity index (χ2v) is 2.67. The molecule has 0 heterocycles. The summed E-state index contributed by atoms with van der Waals surface area (Å²) in [6.45, 7) is -3.00. The predicted molar refractivity (Wildman–Crippen MR) is 49.5 cm³/mol. The van der Waals surface area contributed by atoms with Gasteiger partial charge in [-0.05, 0) is 6.07 Å². The van der Waals surface area contributed by atoms with Gasteiger partial charge in [-0.25, -0.2) is 4.79 Å². The molecular weight excluding hydrogens is 218 g/mol. The topological polar surface area (TPSA) is 62.5 Å². The van der Waals surface area contributed by atoms with Crippen molar-refractivity contribution in [3.05, 3.63) is 29.8 Å². The summed E-state index contributed by atoms with van der Waals surface area (Å²) >= 11 is 0. The summed E-state index contributed by atoms with van der Waals surface area (Å²) < 4.78 is 28.3. The van der Waals surface area contributed by atoms with E-state index in [0.29, 0.717) is 0 Å². The lowest BCUT2D eigenvalue weighted by Gasteiger charge is -2.10. The molecule has 0 radical (unpaired) electrons. The number of para-hydroxylation sites is 1. The van der Waals surface area contributed by atoms with Gasteiger partial charge < -0.3 is 4.74 Å². The molecule has 1 aromatic rings. The van der Waals surface area contributed by atoms with Gasteiger partial charge in [0.25, 0.3) is 0 Å². The first-order valence-corrected chi connectivity index (χ1v) is 4.19. The molecule has 0 spiro atoms. The number of nitriles is 1. The van der Waals surface area contributed by atoms with E-state index in [1.165, 1.54) is 30.3 Å². The summed E-state index contributed by atoms with van der Waals surface area (Å²) in [5, 5.41) is 8.70. The van der Waals surface area contributed by atoms with E-state index in [9.17, 15) is 13.6 Å². The third-order valence-corrected chi connectivity index (χ3v) is 1.73. The fourth-order valence-corrected chi connectivity index (χ4v) is 1.13. The first kappa shape index (κ1) is 11.8. The van der Waals surface area contributed by atoms with Crippen molar-refractivity contribution in [2.45, 2.75) is 12.7 Å². The quantitative estimate of drug-likeness (QED) is 0.581. The van der Waals surface area contributed by atoms with E-state index in [4.69, 9.17) is 5.26 Å². The molecule has 0 saturated heterocycles. The number of rotatable bonds is 4. The number of aliphatic imine (C=N–C) groups is 1. The van der Waals surface area contributed by atoms with Gasteiger partial charge in [0, 0.05) is 5.56 Å². The molecule has 0 aromatic heterocycles. The van der Waals surface area contributed by atoms with Gasteiger partial charge in [-0.3, -0.25) is 0 Å². The van der Waals surface area contributed by atoms with E-state index in [1.807, 2.05) is 0 Å². The van der Waals surface area contributed by atoms with E-state index >= 15 is 0 Å². The Bertz CT molecular complexity index is 450. The zero-order valence-electron chi connectivity index (χ0n) is 7.93. The molecule has 1 unspecified atom stereocenters. The maximum absolute atomic E-state index is 12.0. The molecule has 16 heavy (non-hydrogen) atoms. The van der Waals surface area contributed by atoms with Crippen LogP contribution in [0.5, 0.6) is 5.75 Å². The van der Waals surface area contributed by atoms with Crippen molar-refractivity contribution in [1.29, 1.82) is 5.26 Å². The predicted octanol–water partition coefficient (Wildman–Crippen LogP) is 2.19. The van der Waals surface area contributed by atoms with Gasteiger partial charge in [-0.15, -0.1) is 0 Å². The number of alkyl halides is 2. The summed E-state index contributed by atoms with van der Waals surface area (Å²) in [7, 11) is 0. The minimum absolute atomic E-state index is 0.105. The normalized spacial score (nSPS) is 11.4. The highest BCUT2D eigenvalue weighted by atomic mass is 19.3. The second kappa shape index (κ2) is 5.59. The van der Waals surface area contributed by atoms with Crippen LogP contribution in [0.25, 0.3) is 0 Å². The molecule has 1 rings (SSSR count). The van der Waals surface area contributed by atoms with Crippen LogP contribution in [0.15, 0.2) is 29.3 Å². The van der Waals surface area contributed by atoms with Gasteiger partial charge in [-0.2, -0.15) is 19.0 Å². The number of benzene rings is 1. The number of halogens is 2. The summed E-state index contributed by atoms with van der Waals surface area (Å²) in [5.74, 6) is -0.178. The van der Waals surface area contributed by atoms with Crippen molar-refractivity contribution < 1.29 is 18.3 Å². The van der Waals surface area contributed by atoms with Crippen LogP contribution in [0.1, 0.15) is 11.6 Å². The van der Waals surface area contributed by atoms with Crippen molar-refractivity contribution >= 4 is 6.08 Å². The first-order valence-electron chi connectivity index (χ1n) is 4.19. The van der Waals surface area contributed by atoms with E-state index in [2.05, 4.69) is 9.73 Å². The minimum atomic E-state index is -3.00. The average Bonchev–Trinajstić information content (AvgIpc) is 2.26. The molecule has 4 nitrogen and oxygen atoms in total. The molecular formula is C10H6F2N2O2. The average molecular weight is 224 g/mol. The Hall–Kier alpha value is -2.25. The van der Waals surface area contributed by atoms with Crippen LogP contribution in [0.2, 0.25) is 0 Å². The summed E-state index contributed by atoms with van der Waals surface area (Å²) in [4.78, 5) is 13.2. The minimum Gasteiger partial charge on any atom is -0.434 e. The molecule has 0 N–H and O–H groups in total. The molecule has 6 heteroatoms. The van der Waals surface area contributed by atoms with Crippen molar-refractivity contribution in [3.63, 3.8) is 0 Å². The van der Waals surface area contributed by atoms with E-state index in [0.717, 1.165) is 0 Å². The molecule has 0 amide bonds. The zero-order chi connectivity index (χ0) is 12.0. The monoisotopic (exact) mass is 224 g/mol. The smallest absolute Gasteiger partial charge is 0.387 e. The molecule has 1 atom stereocenters. The Balaban J connectivity index is 3.11. The lowest BCUT2D eigenvalue weighted by molar-refractivity contribution is -0.0505. The van der Waals surface area contributed by atoms with Crippen LogP contribution in [-0.4, -0.2) is 12.7 Å². The zero-order valence-corrected chi connectivity index (χ0v) is 7.93. The maximum atomic E-state index is 12.0.